The first-order valence-electron chi connectivity index (χ1n) is 7.18. The van der Waals surface area contributed by atoms with Crippen molar-refractivity contribution in [1.82, 2.24) is 4.98 Å². The minimum absolute atomic E-state index is 0.00851. The smallest absolute Gasteiger partial charge is 0.173 e. The number of pyridine rings is 1. The number of aliphatic hydroxyl groups excluding tert-OH is 3. The first-order chi connectivity index (χ1) is 11.5. The van der Waals surface area contributed by atoms with Crippen LogP contribution in [0.3, 0.4) is 0 Å². The van der Waals surface area contributed by atoms with E-state index in [9.17, 15) is 19.7 Å². The van der Waals surface area contributed by atoms with E-state index in [1.807, 2.05) is 0 Å². The van der Waals surface area contributed by atoms with Crippen molar-refractivity contribution in [3.63, 3.8) is 0 Å². The van der Waals surface area contributed by atoms with Crippen LogP contribution in [0.5, 0.6) is 5.75 Å². The molecular formula is C16H15ClFNO4S. The van der Waals surface area contributed by atoms with Gasteiger partial charge in [-0.25, -0.2) is 4.39 Å². The fourth-order valence-corrected chi connectivity index (χ4v) is 3.64. The van der Waals surface area contributed by atoms with Gasteiger partial charge in [-0.1, -0.05) is 17.7 Å². The molecule has 1 fully saturated rings. The molecule has 0 amide bonds. The summed E-state index contributed by atoms with van der Waals surface area (Å²) >= 11 is 7.00. The highest BCUT2D eigenvalue weighted by molar-refractivity contribution is 7.99. The Morgan fingerprint density at radius 2 is 1.92 bits per heavy atom. The lowest BCUT2D eigenvalue weighted by atomic mass is 10.1. The highest BCUT2D eigenvalue weighted by Crippen LogP contribution is 2.31. The van der Waals surface area contributed by atoms with Crippen LogP contribution in [0.4, 0.5) is 4.39 Å². The van der Waals surface area contributed by atoms with Crippen LogP contribution in [-0.4, -0.2) is 49.8 Å². The molecule has 0 spiro atoms. The van der Waals surface area contributed by atoms with Crippen LogP contribution in [0.25, 0.3) is 11.1 Å². The maximum absolute atomic E-state index is 13.3. The highest BCUT2D eigenvalue weighted by Gasteiger charge is 2.38. The van der Waals surface area contributed by atoms with Gasteiger partial charge >= 0.3 is 0 Å². The Morgan fingerprint density at radius 3 is 2.67 bits per heavy atom. The van der Waals surface area contributed by atoms with E-state index < -0.39 is 29.6 Å². The second kappa shape index (κ2) is 7.25. The Labute approximate surface area is 147 Å². The molecule has 1 aliphatic heterocycles. The number of ether oxygens (including phenoxy) is 1. The number of hydrogen-bond donors (Lipinski definition) is 3. The third kappa shape index (κ3) is 3.65. The maximum Gasteiger partial charge on any atom is 0.173 e. The number of halogens is 2. The van der Waals surface area contributed by atoms with Gasteiger partial charge in [0, 0.05) is 17.5 Å². The van der Waals surface area contributed by atoms with E-state index >= 15 is 0 Å². The third-order valence-corrected chi connectivity index (χ3v) is 5.20. The Hall–Kier alpha value is -1.38. The van der Waals surface area contributed by atoms with E-state index in [4.69, 9.17) is 16.3 Å². The summed E-state index contributed by atoms with van der Waals surface area (Å²) in [5, 5.41) is 29.3. The zero-order chi connectivity index (χ0) is 17.3. The molecule has 0 aliphatic carbocycles. The second-order valence-corrected chi connectivity index (χ2v) is 6.94. The van der Waals surface area contributed by atoms with Crippen molar-refractivity contribution >= 4 is 23.4 Å². The second-order valence-electron chi connectivity index (χ2n) is 5.41. The topological polar surface area (TPSA) is 82.8 Å². The summed E-state index contributed by atoms with van der Waals surface area (Å²) in [6, 6.07) is 6.01. The van der Waals surface area contributed by atoms with E-state index in [-0.39, 0.29) is 10.8 Å². The van der Waals surface area contributed by atoms with Gasteiger partial charge in [-0.15, -0.1) is 11.8 Å². The average molecular weight is 372 g/mol. The molecular weight excluding hydrogens is 357 g/mol. The Balaban J connectivity index is 1.79. The van der Waals surface area contributed by atoms with E-state index in [2.05, 4.69) is 4.98 Å². The Morgan fingerprint density at radius 1 is 1.12 bits per heavy atom. The lowest BCUT2D eigenvalue weighted by Gasteiger charge is -2.34. The van der Waals surface area contributed by atoms with Crippen LogP contribution in [0.1, 0.15) is 0 Å². The largest absolute Gasteiger partial charge is 0.475 e. The fourth-order valence-electron chi connectivity index (χ4n) is 2.33. The molecule has 1 aromatic heterocycles. The molecule has 1 aromatic carbocycles. The van der Waals surface area contributed by atoms with Crippen molar-refractivity contribution in [2.45, 2.75) is 23.7 Å². The lowest BCUT2D eigenvalue weighted by molar-refractivity contribution is -0.0786. The van der Waals surface area contributed by atoms with Crippen molar-refractivity contribution in [1.29, 1.82) is 0 Å². The molecule has 5 nitrogen and oxygen atoms in total. The monoisotopic (exact) mass is 371 g/mol. The molecule has 4 atom stereocenters. The van der Waals surface area contributed by atoms with Crippen molar-refractivity contribution < 1.29 is 24.4 Å². The van der Waals surface area contributed by atoms with Crippen molar-refractivity contribution in [2.75, 3.05) is 5.75 Å². The summed E-state index contributed by atoms with van der Waals surface area (Å²) in [7, 11) is 0. The highest BCUT2D eigenvalue weighted by atomic mass is 35.5. The van der Waals surface area contributed by atoms with Gasteiger partial charge in [0.1, 0.15) is 23.8 Å². The summed E-state index contributed by atoms with van der Waals surface area (Å²) in [6.45, 7) is 0. The first kappa shape index (κ1) is 17.4. The number of aliphatic hydroxyl groups is 3. The zero-order valence-electron chi connectivity index (χ0n) is 12.3. The summed E-state index contributed by atoms with van der Waals surface area (Å²) in [4.78, 5) is 4.07. The molecule has 0 saturated carbocycles. The van der Waals surface area contributed by atoms with Crippen molar-refractivity contribution in [2.24, 2.45) is 0 Å². The number of aromatic nitrogens is 1. The van der Waals surface area contributed by atoms with Crippen LogP contribution in [0.2, 0.25) is 5.02 Å². The van der Waals surface area contributed by atoms with Gasteiger partial charge < -0.3 is 20.1 Å². The molecule has 0 unspecified atom stereocenters. The molecule has 24 heavy (non-hydrogen) atoms. The third-order valence-electron chi connectivity index (χ3n) is 3.67. The predicted octanol–water partition coefficient (Wildman–Crippen LogP) is 2.08. The summed E-state index contributed by atoms with van der Waals surface area (Å²) in [6.07, 6.45) is -0.416. The maximum atomic E-state index is 13.3. The molecule has 2 heterocycles. The molecule has 2 aromatic rings. The van der Waals surface area contributed by atoms with Crippen molar-refractivity contribution in [3.05, 3.63) is 47.5 Å². The van der Waals surface area contributed by atoms with E-state index in [0.29, 0.717) is 16.9 Å². The molecule has 1 saturated heterocycles. The van der Waals surface area contributed by atoms with E-state index in [1.165, 1.54) is 30.1 Å². The van der Waals surface area contributed by atoms with Crippen LogP contribution in [0.15, 0.2) is 36.7 Å². The van der Waals surface area contributed by atoms with Crippen LogP contribution < -0.4 is 4.74 Å². The molecule has 1 aliphatic rings. The number of nitrogens with zero attached hydrogens (tertiary/aromatic N) is 1. The van der Waals surface area contributed by atoms with Gasteiger partial charge in [-0.2, -0.15) is 0 Å². The predicted molar refractivity (Wildman–Crippen MR) is 89.5 cm³/mol. The molecule has 0 bridgehead atoms. The van der Waals surface area contributed by atoms with E-state index in [1.54, 1.807) is 18.3 Å². The normalized spacial score (nSPS) is 27.0. The van der Waals surface area contributed by atoms with Gasteiger partial charge in [0.05, 0.1) is 17.3 Å². The molecule has 0 radical (unpaired) electrons. The average Bonchev–Trinajstić information content (AvgIpc) is 2.58. The molecule has 8 heteroatoms. The van der Waals surface area contributed by atoms with Crippen LogP contribution in [0, 0.1) is 5.82 Å². The van der Waals surface area contributed by atoms with E-state index in [0.717, 1.165) is 0 Å². The quantitative estimate of drug-likeness (QED) is 0.766. The van der Waals surface area contributed by atoms with Crippen LogP contribution in [-0.2, 0) is 0 Å². The lowest BCUT2D eigenvalue weighted by Crippen LogP contribution is -2.50. The SMILES string of the molecule is O[C@@H]1[C@@H](O)[C@@H](Oc2cncc(-c3ccc(F)c(Cl)c3)c2)SC[C@H]1O. The van der Waals surface area contributed by atoms with Gasteiger partial charge in [-0.05, 0) is 23.8 Å². The number of thioether (sulfide) groups is 1. The minimum atomic E-state index is -1.26. The Bertz CT molecular complexity index is 735. The number of hydrogen-bond acceptors (Lipinski definition) is 6. The summed E-state index contributed by atoms with van der Waals surface area (Å²) < 4.78 is 18.9. The van der Waals surface area contributed by atoms with Gasteiger partial charge in [0.25, 0.3) is 0 Å². The summed E-state index contributed by atoms with van der Waals surface area (Å²) in [5.74, 6) is 0.131. The van der Waals surface area contributed by atoms with Crippen molar-refractivity contribution in [3.8, 4) is 16.9 Å². The van der Waals surface area contributed by atoms with Gasteiger partial charge in [-0.3, -0.25) is 4.98 Å². The Kier molecular flexibility index (Phi) is 5.27. The number of rotatable bonds is 3. The number of benzene rings is 1. The summed E-state index contributed by atoms with van der Waals surface area (Å²) in [5.41, 5.74) is 0.620. The fraction of sp³-hybridized carbons (Fsp3) is 0.312. The first-order valence-corrected chi connectivity index (χ1v) is 8.61. The zero-order valence-corrected chi connectivity index (χ0v) is 13.9. The van der Waals surface area contributed by atoms with Gasteiger partial charge in [0.2, 0.25) is 0 Å². The molecule has 128 valence electrons. The molecule has 3 rings (SSSR count). The van der Waals surface area contributed by atoms with Gasteiger partial charge in [0.15, 0.2) is 5.44 Å². The van der Waals surface area contributed by atoms with Crippen LogP contribution >= 0.6 is 23.4 Å². The standard InChI is InChI=1S/C16H15ClFNO4S/c17-11-4-8(1-2-12(11)18)9-3-10(6-19-5-9)23-16-15(22)14(21)13(20)7-24-16/h1-6,13-16,20-22H,7H2/t13-,14+,15-,16+/m1/s1. The minimum Gasteiger partial charge on any atom is -0.475 e. The molecule has 3 N–H and O–H groups in total.